The van der Waals surface area contributed by atoms with E-state index in [-0.39, 0.29) is 5.91 Å². The van der Waals surface area contributed by atoms with Crippen molar-refractivity contribution in [2.24, 2.45) is 0 Å². The maximum Gasteiger partial charge on any atom is 0.248 e. The zero-order valence-electron chi connectivity index (χ0n) is 13.5. The van der Waals surface area contributed by atoms with Crippen LogP contribution in [0.5, 0.6) is 5.75 Å². The summed E-state index contributed by atoms with van der Waals surface area (Å²) in [5.41, 5.74) is 2.30. The predicted octanol–water partition coefficient (Wildman–Crippen LogP) is 4.19. The zero-order chi connectivity index (χ0) is 17.6. The molecule has 1 heterocycles. The molecule has 0 bridgehead atoms. The molecule has 25 heavy (non-hydrogen) atoms. The lowest BCUT2D eigenvalue weighted by atomic mass is 10.3. The van der Waals surface area contributed by atoms with E-state index in [4.69, 9.17) is 16.3 Å². The first kappa shape index (κ1) is 16.8. The summed E-state index contributed by atoms with van der Waals surface area (Å²) in [7, 11) is 1.56. The fourth-order valence-electron chi connectivity index (χ4n) is 2.22. The van der Waals surface area contributed by atoms with Crippen LogP contribution >= 0.6 is 11.6 Å². The van der Waals surface area contributed by atoms with Crippen molar-refractivity contribution >= 4 is 29.3 Å². The van der Waals surface area contributed by atoms with Gasteiger partial charge in [-0.05, 0) is 30.3 Å². The Morgan fingerprint density at radius 3 is 2.76 bits per heavy atom. The summed E-state index contributed by atoms with van der Waals surface area (Å²) < 4.78 is 6.83. The molecule has 0 aliphatic carbocycles. The van der Waals surface area contributed by atoms with Gasteiger partial charge >= 0.3 is 0 Å². The van der Waals surface area contributed by atoms with E-state index in [9.17, 15) is 4.79 Å². The predicted molar refractivity (Wildman–Crippen MR) is 99.2 cm³/mol. The summed E-state index contributed by atoms with van der Waals surface area (Å²) in [5, 5.41) is 7.42. The summed E-state index contributed by atoms with van der Waals surface area (Å²) in [5.74, 6) is 0.353. The molecule has 6 heteroatoms. The SMILES string of the molecule is COc1ccc(NC(=O)C=Cc2cnn(-c3ccccc3)c2)c(Cl)c1. The second-order valence-electron chi connectivity index (χ2n) is 5.22. The van der Waals surface area contributed by atoms with E-state index in [0.717, 1.165) is 11.3 Å². The monoisotopic (exact) mass is 353 g/mol. The van der Waals surface area contributed by atoms with Crippen LogP contribution in [0.15, 0.2) is 67.0 Å². The van der Waals surface area contributed by atoms with Crippen molar-refractivity contribution in [1.29, 1.82) is 0 Å². The normalized spacial score (nSPS) is 10.8. The van der Waals surface area contributed by atoms with Gasteiger partial charge in [-0.15, -0.1) is 0 Å². The molecular formula is C19H16ClN3O2. The molecule has 3 aromatic rings. The van der Waals surface area contributed by atoms with Crippen LogP contribution in [0.3, 0.4) is 0 Å². The third-order valence-corrected chi connectivity index (χ3v) is 3.80. The highest BCUT2D eigenvalue weighted by Gasteiger charge is 2.05. The molecule has 0 aliphatic heterocycles. The van der Waals surface area contributed by atoms with Gasteiger partial charge in [0.1, 0.15) is 5.75 Å². The molecule has 5 nitrogen and oxygen atoms in total. The molecule has 126 valence electrons. The third kappa shape index (κ3) is 4.28. The van der Waals surface area contributed by atoms with Gasteiger partial charge in [0.15, 0.2) is 0 Å². The lowest BCUT2D eigenvalue weighted by molar-refractivity contribution is -0.111. The first-order valence-corrected chi connectivity index (χ1v) is 7.96. The van der Waals surface area contributed by atoms with Crippen LogP contribution in [0.4, 0.5) is 5.69 Å². The van der Waals surface area contributed by atoms with Gasteiger partial charge in [-0.1, -0.05) is 29.8 Å². The van der Waals surface area contributed by atoms with E-state index in [0.29, 0.717) is 16.5 Å². The summed E-state index contributed by atoms with van der Waals surface area (Å²) >= 11 is 6.11. The standard InChI is InChI=1S/C19H16ClN3O2/c1-25-16-8-9-18(17(20)11-16)22-19(24)10-7-14-12-21-23(13-14)15-5-3-2-4-6-15/h2-13H,1H3,(H,22,24). The Bertz CT molecular complexity index is 904. The van der Waals surface area contributed by atoms with Gasteiger partial charge in [-0.3, -0.25) is 4.79 Å². The Morgan fingerprint density at radius 2 is 2.04 bits per heavy atom. The van der Waals surface area contributed by atoms with Crippen molar-refractivity contribution in [2.45, 2.75) is 0 Å². The number of para-hydroxylation sites is 1. The second kappa shape index (κ2) is 7.68. The number of nitrogens with one attached hydrogen (secondary N) is 1. The quantitative estimate of drug-likeness (QED) is 0.700. The highest BCUT2D eigenvalue weighted by atomic mass is 35.5. The number of hydrogen-bond donors (Lipinski definition) is 1. The number of amides is 1. The molecule has 1 N–H and O–H groups in total. The molecule has 0 saturated carbocycles. The number of aromatic nitrogens is 2. The van der Waals surface area contributed by atoms with Crippen molar-refractivity contribution in [1.82, 2.24) is 9.78 Å². The van der Waals surface area contributed by atoms with E-state index in [1.54, 1.807) is 42.3 Å². The number of carbonyl (C=O) groups excluding carboxylic acids is 1. The van der Waals surface area contributed by atoms with Crippen molar-refractivity contribution in [3.8, 4) is 11.4 Å². The van der Waals surface area contributed by atoms with Gasteiger partial charge in [0.25, 0.3) is 0 Å². The number of anilines is 1. The number of ether oxygens (including phenoxy) is 1. The highest BCUT2D eigenvalue weighted by molar-refractivity contribution is 6.34. The van der Waals surface area contributed by atoms with Crippen molar-refractivity contribution in [2.75, 3.05) is 12.4 Å². The minimum atomic E-state index is -0.278. The molecule has 0 aliphatic rings. The van der Waals surface area contributed by atoms with Gasteiger partial charge in [0.05, 0.1) is 29.7 Å². The first-order chi connectivity index (χ1) is 12.2. The van der Waals surface area contributed by atoms with E-state index < -0.39 is 0 Å². The third-order valence-electron chi connectivity index (χ3n) is 3.48. The topological polar surface area (TPSA) is 56.1 Å². The van der Waals surface area contributed by atoms with Crippen molar-refractivity contribution in [3.63, 3.8) is 0 Å². The van der Waals surface area contributed by atoms with E-state index in [1.165, 1.54) is 6.08 Å². The number of hydrogen-bond acceptors (Lipinski definition) is 3. The van der Waals surface area contributed by atoms with Crippen LogP contribution in [0, 0.1) is 0 Å². The van der Waals surface area contributed by atoms with Gasteiger partial charge in [0, 0.05) is 23.9 Å². The van der Waals surface area contributed by atoms with Crippen LogP contribution in [0.1, 0.15) is 5.56 Å². The lowest BCUT2D eigenvalue weighted by Crippen LogP contribution is -2.08. The molecule has 1 amide bonds. The van der Waals surface area contributed by atoms with Crippen LogP contribution in [0.2, 0.25) is 5.02 Å². The van der Waals surface area contributed by atoms with Gasteiger partial charge in [0.2, 0.25) is 5.91 Å². The van der Waals surface area contributed by atoms with Crippen molar-refractivity contribution in [3.05, 3.63) is 77.6 Å². The number of methoxy groups -OCH3 is 1. The first-order valence-electron chi connectivity index (χ1n) is 7.58. The fraction of sp³-hybridized carbons (Fsp3) is 0.0526. The maximum atomic E-state index is 12.1. The number of nitrogens with zero attached hydrogens (tertiary/aromatic N) is 2. The smallest absolute Gasteiger partial charge is 0.248 e. The van der Waals surface area contributed by atoms with E-state index >= 15 is 0 Å². The summed E-state index contributed by atoms with van der Waals surface area (Å²) in [6.07, 6.45) is 6.67. The summed E-state index contributed by atoms with van der Waals surface area (Å²) in [4.78, 5) is 12.1. The average Bonchev–Trinajstić information content (AvgIpc) is 3.11. The van der Waals surface area contributed by atoms with Crippen LogP contribution in [-0.2, 0) is 4.79 Å². The van der Waals surface area contributed by atoms with Crippen molar-refractivity contribution < 1.29 is 9.53 Å². The van der Waals surface area contributed by atoms with Gasteiger partial charge in [-0.25, -0.2) is 4.68 Å². The molecular weight excluding hydrogens is 338 g/mol. The minimum Gasteiger partial charge on any atom is -0.497 e. The Morgan fingerprint density at radius 1 is 1.24 bits per heavy atom. The Hall–Kier alpha value is -3.05. The number of halogens is 1. The molecule has 1 aromatic heterocycles. The van der Waals surface area contributed by atoms with Gasteiger partial charge < -0.3 is 10.1 Å². The van der Waals surface area contributed by atoms with E-state index in [1.807, 2.05) is 36.5 Å². The Balaban J connectivity index is 1.66. The molecule has 0 fully saturated rings. The second-order valence-corrected chi connectivity index (χ2v) is 5.63. The molecule has 0 radical (unpaired) electrons. The van der Waals surface area contributed by atoms with Crippen LogP contribution < -0.4 is 10.1 Å². The summed E-state index contributed by atoms with van der Waals surface area (Å²) in [6.45, 7) is 0. The Labute approximate surface area is 150 Å². The molecule has 0 spiro atoms. The number of rotatable bonds is 5. The largest absolute Gasteiger partial charge is 0.497 e. The van der Waals surface area contributed by atoms with Crippen LogP contribution in [-0.4, -0.2) is 22.8 Å². The highest BCUT2D eigenvalue weighted by Crippen LogP contribution is 2.26. The van der Waals surface area contributed by atoms with Gasteiger partial charge in [-0.2, -0.15) is 5.10 Å². The number of carbonyl (C=O) groups is 1. The molecule has 2 aromatic carbocycles. The Kier molecular flexibility index (Phi) is 5.16. The average molecular weight is 354 g/mol. The number of benzene rings is 2. The molecule has 0 unspecified atom stereocenters. The minimum absolute atomic E-state index is 0.278. The zero-order valence-corrected chi connectivity index (χ0v) is 14.3. The van der Waals surface area contributed by atoms with Crippen LogP contribution in [0.25, 0.3) is 11.8 Å². The molecule has 3 rings (SSSR count). The maximum absolute atomic E-state index is 12.1. The fourth-order valence-corrected chi connectivity index (χ4v) is 2.43. The summed E-state index contributed by atoms with van der Waals surface area (Å²) in [6, 6.07) is 14.8. The molecule has 0 saturated heterocycles. The molecule has 0 atom stereocenters. The van der Waals surface area contributed by atoms with E-state index in [2.05, 4.69) is 10.4 Å². The lowest BCUT2D eigenvalue weighted by Gasteiger charge is -2.06.